The summed E-state index contributed by atoms with van der Waals surface area (Å²) in [4.78, 5) is 6.86. The molecular weight excluding hydrogens is 216 g/mol. The van der Waals surface area contributed by atoms with Gasteiger partial charge < -0.3 is 15.4 Å². The van der Waals surface area contributed by atoms with E-state index in [4.69, 9.17) is 4.74 Å². The molecule has 0 bridgehead atoms. The second-order valence-electron chi connectivity index (χ2n) is 5.51. The first-order valence-corrected chi connectivity index (χ1v) is 6.45. The van der Waals surface area contributed by atoms with Crippen LogP contribution in [0.5, 0.6) is 0 Å². The van der Waals surface area contributed by atoms with Gasteiger partial charge in [-0.3, -0.25) is 9.89 Å². The predicted molar refractivity (Wildman–Crippen MR) is 69.4 cm³/mol. The summed E-state index contributed by atoms with van der Waals surface area (Å²) < 4.78 is 5.51. The zero-order chi connectivity index (χ0) is 12.3. The van der Waals surface area contributed by atoms with Crippen molar-refractivity contribution in [3.63, 3.8) is 0 Å². The van der Waals surface area contributed by atoms with Crippen molar-refractivity contribution >= 4 is 5.96 Å². The van der Waals surface area contributed by atoms with E-state index in [1.54, 1.807) is 0 Å². The van der Waals surface area contributed by atoms with Crippen LogP contribution < -0.4 is 10.6 Å². The van der Waals surface area contributed by atoms with Gasteiger partial charge >= 0.3 is 0 Å². The Morgan fingerprint density at radius 1 is 1.59 bits per heavy atom. The third kappa shape index (κ3) is 3.33. The molecule has 2 rings (SSSR count). The second kappa shape index (κ2) is 5.23. The average Bonchev–Trinajstić information content (AvgIpc) is 2.67. The number of ether oxygens (including phenoxy) is 1. The van der Waals surface area contributed by atoms with E-state index in [9.17, 15) is 0 Å². The third-order valence-electron chi connectivity index (χ3n) is 3.40. The van der Waals surface area contributed by atoms with Crippen LogP contribution in [0.3, 0.4) is 0 Å². The highest BCUT2D eigenvalue weighted by molar-refractivity contribution is 5.81. The molecule has 2 N–H and O–H groups in total. The maximum atomic E-state index is 5.51. The van der Waals surface area contributed by atoms with Crippen molar-refractivity contribution < 1.29 is 4.74 Å². The van der Waals surface area contributed by atoms with Gasteiger partial charge in [0.2, 0.25) is 0 Å². The topological polar surface area (TPSA) is 48.9 Å². The molecule has 1 fully saturated rings. The minimum atomic E-state index is 0.151. The highest BCUT2D eigenvalue weighted by atomic mass is 16.5. The maximum Gasteiger partial charge on any atom is 0.191 e. The number of morpholine rings is 1. The minimum Gasteiger partial charge on any atom is -0.378 e. The first-order chi connectivity index (χ1) is 8.08. The Hall–Kier alpha value is -0.810. The Balaban J connectivity index is 1.71. The molecule has 0 radical (unpaired) electrons. The fourth-order valence-electron chi connectivity index (χ4n) is 2.27. The summed E-state index contributed by atoms with van der Waals surface area (Å²) in [5.41, 5.74) is 0.151. The molecule has 2 heterocycles. The van der Waals surface area contributed by atoms with Crippen LogP contribution in [0.15, 0.2) is 4.99 Å². The van der Waals surface area contributed by atoms with Gasteiger partial charge in [0.05, 0.1) is 19.8 Å². The van der Waals surface area contributed by atoms with Crippen LogP contribution in [0.2, 0.25) is 0 Å². The van der Waals surface area contributed by atoms with E-state index in [-0.39, 0.29) is 5.54 Å². The molecule has 0 spiro atoms. The van der Waals surface area contributed by atoms with Gasteiger partial charge in [-0.2, -0.15) is 0 Å². The molecule has 0 aliphatic carbocycles. The molecule has 0 aromatic heterocycles. The molecule has 0 saturated carbocycles. The number of guanidine groups is 1. The van der Waals surface area contributed by atoms with Crippen LogP contribution in [0.25, 0.3) is 0 Å². The molecule has 1 saturated heterocycles. The summed E-state index contributed by atoms with van der Waals surface area (Å²) in [7, 11) is 0. The molecule has 5 nitrogen and oxygen atoms in total. The van der Waals surface area contributed by atoms with Crippen LogP contribution in [-0.4, -0.2) is 61.8 Å². The molecule has 0 amide bonds. The SMILES string of the molecule is CC1CN=C(NCCN2CCOCC2(C)C)N1. The van der Waals surface area contributed by atoms with Crippen LogP contribution in [-0.2, 0) is 4.74 Å². The zero-order valence-electron chi connectivity index (χ0n) is 11.1. The molecule has 17 heavy (non-hydrogen) atoms. The summed E-state index contributed by atoms with van der Waals surface area (Å²) >= 11 is 0. The van der Waals surface area contributed by atoms with Crippen LogP contribution in [0, 0.1) is 0 Å². The minimum absolute atomic E-state index is 0.151. The number of hydrogen-bond acceptors (Lipinski definition) is 5. The summed E-state index contributed by atoms with van der Waals surface area (Å²) in [6.07, 6.45) is 0. The second-order valence-corrected chi connectivity index (χ2v) is 5.51. The Labute approximate surface area is 104 Å². The lowest BCUT2D eigenvalue weighted by Gasteiger charge is -2.42. The molecule has 2 aliphatic heterocycles. The summed E-state index contributed by atoms with van der Waals surface area (Å²) in [5.74, 6) is 0.948. The number of hydrogen-bond donors (Lipinski definition) is 2. The number of nitrogens with one attached hydrogen (secondary N) is 2. The van der Waals surface area contributed by atoms with Gasteiger partial charge in [-0.05, 0) is 20.8 Å². The smallest absolute Gasteiger partial charge is 0.191 e. The number of nitrogens with zero attached hydrogens (tertiary/aromatic N) is 2. The molecule has 0 aromatic carbocycles. The maximum absolute atomic E-state index is 5.51. The third-order valence-corrected chi connectivity index (χ3v) is 3.40. The van der Waals surface area contributed by atoms with Crippen molar-refractivity contribution in [3.05, 3.63) is 0 Å². The van der Waals surface area contributed by atoms with Crippen molar-refractivity contribution in [1.82, 2.24) is 15.5 Å². The fourth-order valence-corrected chi connectivity index (χ4v) is 2.27. The largest absolute Gasteiger partial charge is 0.378 e. The average molecular weight is 240 g/mol. The lowest BCUT2D eigenvalue weighted by molar-refractivity contribution is -0.0496. The first kappa shape index (κ1) is 12.6. The Morgan fingerprint density at radius 3 is 3.06 bits per heavy atom. The molecule has 2 aliphatic rings. The van der Waals surface area contributed by atoms with Crippen LogP contribution in [0.4, 0.5) is 0 Å². The van der Waals surface area contributed by atoms with Gasteiger partial charge in [-0.1, -0.05) is 0 Å². The van der Waals surface area contributed by atoms with Gasteiger partial charge in [0, 0.05) is 31.2 Å². The van der Waals surface area contributed by atoms with Crippen molar-refractivity contribution in [3.8, 4) is 0 Å². The van der Waals surface area contributed by atoms with Crippen LogP contribution in [0.1, 0.15) is 20.8 Å². The number of aliphatic imine (C=N–C) groups is 1. The zero-order valence-corrected chi connectivity index (χ0v) is 11.1. The Kier molecular flexibility index (Phi) is 3.89. The van der Waals surface area contributed by atoms with E-state index in [0.717, 1.165) is 45.4 Å². The van der Waals surface area contributed by atoms with Crippen molar-refractivity contribution in [2.24, 2.45) is 4.99 Å². The van der Waals surface area contributed by atoms with Crippen LogP contribution >= 0.6 is 0 Å². The van der Waals surface area contributed by atoms with Crippen molar-refractivity contribution in [1.29, 1.82) is 0 Å². The van der Waals surface area contributed by atoms with Gasteiger partial charge in [0.1, 0.15) is 0 Å². The van der Waals surface area contributed by atoms with E-state index in [1.807, 2.05) is 0 Å². The molecule has 0 aromatic rings. The fraction of sp³-hybridized carbons (Fsp3) is 0.917. The van der Waals surface area contributed by atoms with Crippen molar-refractivity contribution in [2.45, 2.75) is 32.4 Å². The molecule has 5 heteroatoms. The van der Waals surface area contributed by atoms with E-state index >= 15 is 0 Å². The molecular formula is C12H24N4O. The molecule has 1 unspecified atom stereocenters. The quantitative estimate of drug-likeness (QED) is 0.731. The monoisotopic (exact) mass is 240 g/mol. The van der Waals surface area contributed by atoms with E-state index in [1.165, 1.54) is 0 Å². The first-order valence-electron chi connectivity index (χ1n) is 6.45. The summed E-state index contributed by atoms with van der Waals surface area (Å²) in [6, 6.07) is 0.470. The lowest BCUT2D eigenvalue weighted by Crippen LogP contribution is -2.55. The predicted octanol–water partition coefficient (Wildman–Crippen LogP) is 0.0345. The van der Waals surface area contributed by atoms with E-state index < -0.39 is 0 Å². The Morgan fingerprint density at radius 2 is 2.41 bits per heavy atom. The highest BCUT2D eigenvalue weighted by Gasteiger charge is 2.29. The molecule has 1 atom stereocenters. The van der Waals surface area contributed by atoms with Gasteiger partial charge in [-0.15, -0.1) is 0 Å². The summed E-state index contributed by atoms with van der Waals surface area (Å²) in [6.45, 7) is 12.1. The Bertz CT molecular complexity index is 290. The van der Waals surface area contributed by atoms with Crippen molar-refractivity contribution in [2.75, 3.05) is 39.4 Å². The van der Waals surface area contributed by atoms with Gasteiger partial charge in [0.15, 0.2) is 5.96 Å². The van der Waals surface area contributed by atoms with E-state index in [0.29, 0.717) is 6.04 Å². The molecule has 98 valence electrons. The van der Waals surface area contributed by atoms with Gasteiger partial charge in [0.25, 0.3) is 0 Å². The lowest BCUT2D eigenvalue weighted by atomic mass is 10.0. The normalized spacial score (nSPS) is 28.6. The summed E-state index contributed by atoms with van der Waals surface area (Å²) in [5, 5.41) is 6.66. The van der Waals surface area contributed by atoms with Gasteiger partial charge in [-0.25, -0.2) is 0 Å². The van der Waals surface area contributed by atoms with E-state index in [2.05, 4.69) is 41.3 Å². The highest BCUT2D eigenvalue weighted by Crippen LogP contribution is 2.17. The standard InChI is InChI=1S/C12H24N4O/c1-10-8-14-11(15-10)13-4-5-16-6-7-17-9-12(16,2)3/h10H,4-9H2,1-3H3,(H2,13,14,15). The number of rotatable bonds is 3.